The summed E-state index contributed by atoms with van der Waals surface area (Å²) in [5, 5.41) is 4.67. The molecule has 0 bridgehead atoms. The summed E-state index contributed by atoms with van der Waals surface area (Å²) in [5.74, 6) is 2.88. The van der Waals surface area contributed by atoms with E-state index in [4.69, 9.17) is 18.9 Å². The Morgan fingerprint density at radius 1 is 1.00 bits per heavy atom. The lowest BCUT2D eigenvalue weighted by atomic mass is 10.1. The fourth-order valence-corrected chi connectivity index (χ4v) is 3.89. The standard InChI is InChI=1S/C20H16N2O5S/c1-11-4-12-5-16-18(27-10-25-16)7-14(12)22-20(11)28-8-19(23)21-13-2-3-15-17(6-13)26-9-24-15/h2-7H,8-10H2,1H3,(H,21,23). The molecule has 0 atom stereocenters. The summed E-state index contributed by atoms with van der Waals surface area (Å²) >= 11 is 1.40. The van der Waals surface area contributed by atoms with Crippen molar-refractivity contribution in [2.75, 3.05) is 24.7 Å². The first-order valence-electron chi connectivity index (χ1n) is 8.69. The second kappa shape index (κ2) is 6.79. The molecule has 2 aliphatic heterocycles. The Kier molecular flexibility index (Phi) is 4.12. The highest BCUT2D eigenvalue weighted by molar-refractivity contribution is 8.00. The van der Waals surface area contributed by atoms with Crippen LogP contribution in [0.3, 0.4) is 0 Å². The van der Waals surface area contributed by atoms with E-state index in [-0.39, 0.29) is 25.2 Å². The molecule has 0 saturated carbocycles. The van der Waals surface area contributed by atoms with Gasteiger partial charge in [-0.3, -0.25) is 4.79 Å². The minimum absolute atomic E-state index is 0.115. The summed E-state index contributed by atoms with van der Waals surface area (Å²) in [4.78, 5) is 17.0. The number of hydrogen-bond donors (Lipinski definition) is 1. The molecule has 2 aromatic carbocycles. The van der Waals surface area contributed by atoms with Gasteiger partial charge in [0.2, 0.25) is 19.5 Å². The number of nitrogens with zero attached hydrogens (tertiary/aromatic N) is 1. The maximum atomic E-state index is 12.3. The van der Waals surface area contributed by atoms with Crippen LogP contribution in [0.5, 0.6) is 23.0 Å². The van der Waals surface area contributed by atoms with Gasteiger partial charge < -0.3 is 24.3 Å². The van der Waals surface area contributed by atoms with Crippen LogP contribution in [0, 0.1) is 6.92 Å². The average molecular weight is 396 g/mol. The van der Waals surface area contributed by atoms with Gasteiger partial charge in [0, 0.05) is 23.2 Å². The van der Waals surface area contributed by atoms with Crippen molar-refractivity contribution in [3.8, 4) is 23.0 Å². The number of carbonyl (C=O) groups is 1. The molecule has 7 nitrogen and oxygen atoms in total. The van der Waals surface area contributed by atoms with Gasteiger partial charge in [-0.1, -0.05) is 11.8 Å². The van der Waals surface area contributed by atoms with E-state index in [1.54, 1.807) is 18.2 Å². The van der Waals surface area contributed by atoms with E-state index in [0.717, 1.165) is 27.2 Å². The van der Waals surface area contributed by atoms with Crippen molar-refractivity contribution in [1.29, 1.82) is 0 Å². The lowest BCUT2D eigenvalue weighted by Crippen LogP contribution is -2.14. The zero-order valence-electron chi connectivity index (χ0n) is 15.0. The molecule has 3 heterocycles. The first kappa shape index (κ1) is 17.0. The van der Waals surface area contributed by atoms with Crippen molar-refractivity contribution in [3.05, 3.63) is 42.0 Å². The number of hydrogen-bond acceptors (Lipinski definition) is 7. The molecule has 3 aromatic rings. The van der Waals surface area contributed by atoms with Crippen LogP contribution in [-0.4, -0.2) is 30.2 Å². The van der Waals surface area contributed by atoms with E-state index < -0.39 is 0 Å². The Morgan fingerprint density at radius 3 is 2.54 bits per heavy atom. The predicted molar refractivity (Wildman–Crippen MR) is 105 cm³/mol. The normalized spacial score (nSPS) is 13.8. The van der Waals surface area contributed by atoms with E-state index in [0.29, 0.717) is 22.9 Å². The highest BCUT2D eigenvalue weighted by atomic mass is 32.2. The molecule has 0 aliphatic carbocycles. The van der Waals surface area contributed by atoms with Crippen molar-refractivity contribution < 1.29 is 23.7 Å². The Balaban J connectivity index is 1.29. The van der Waals surface area contributed by atoms with Crippen molar-refractivity contribution in [3.63, 3.8) is 0 Å². The molecule has 0 fully saturated rings. The quantitative estimate of drug-likeness (QED) is 0.673. The number of fused-ring (bicyclic) bond motifs is 3. The number of amides is 1. The molecule has 142 valence electrons. The third-order valence-electron chi connectivity index (χ3n) is 4.45. The average Bonchev–Trinajstić information content (AvgIpc) is 3.32. The second-order valence-corrected chi connectivity index (χ2v) is 7.38. The third kappa shape index (κ3) is 3.16. The van der Waals surface area contributed by atoms with E-state index in [1.165, 1.54) is 11.8 Å². The SMILES string of the molecule is Cc1cc2cc3c(cc2nc1SCC(=O)Nc1ccc2c(c1)OCO2)OCO3. The van der Waals surface area contributed by atoms with Gasteiger partial charge in [0.1, 0.15) is 5.03 Å². The number of anilines is 1. The smallest absolute Gasteiger partial charge is 0.234 e. The molecule has 8 heteroatoms. The fraction of sp³-hybridized carbons (Fsp3) is 0.200. The maximum Gasteiger partial charge on any atom is 0.234 e. The maximum absolute atomic E-state index is 12.3. The van der Waals surface area contributed by atoms with E-state index in [1.807, 2.05) is 25.1 Å². The molecule has 0 unspecified atom stereocenters. The number of thioether (sulfide) groups is 1. The number of nitrogens with one attached hydrogen (secondary N) is 1. The molecule has 1 N–H and O–H groups in total. The van der Waals surface area contributed by atoms with Crippen LogP contribution >= 0.6 is 11.8 Å². The van der Waals surface area contributed by atoms with Crippen molar-refractivity contribution in [1.82, 2.24) is 4.98 Å². The molecule has 5 rings (SSSR count). The van der Waals surface area contributed by atoms with Gasteiger partial charge in [-0.05, 0) is 36.8 Å². The summed E-state index contributed by atoms with van der Waals surface area (Å²) in [6.45, 7) is 2.41. The van der Waals surface area contributed by atoms with Gasteiger partial charge in [-0.15, -0.1) is 0 Å². The Hall–Kier alpha value is -3.13. The number of pyridine rings is 1. The second-order valence-electron chi connectivity index (χ2n) is 6.41. The van der Waals surface area contributed by atoms with Crippen LogP contribution in [-0.2, 0) is 4.79 Å². The molecular weight excluding hydrogens is 380 g/mol. The highest BCUT2D eigenvalue weighted by Crippen LogP contribution is 2.37. The molecule has 0 saturated heterocycles. The molecular formula is C20H16N2O5S. The number of carbonyl (C=O) groups excluding carboxylic acids is 1. The summed E-state index contributed by atoms with van der Waals surface area (Å²) in [7, 11) is 0. The van der Waals surface area contributed by atoms with Gasteiger partial charge in [-0.2, -0.15) is 0 Å². The van der Waals surface area contributed by atoms with Crippen LogP contribution < -0.4 is 24.3 Å². The first-order valence-corrected chi connectivity index (χ1v) is 9.67. The number of ether oxygens (including phenoxy) is 4. The zero-order valence-corrected chi connectivity index (χ0v) is 15.8. The Labute approximate surface area is 164 Å². The predicted octanol–water partition coefficient (Wildman–Crippen LogP) is 3.73. The Bertz CT molecular complexity index is 1100. The number of aromatic nitrogens is 1. The fourth-order valence-electron chi connectivity index (χ4n) is 3.10. The number of benzene rings is 2. The van der Waals surface area contributed by atoms with Gasteiger partial charge in [-0.25, -0.2) is 4.98 Å². The van der Waals surface area contributed by atoms with Crippen LogP contribution in [0.2, 0.25) is 0 Å². The van der Waals surface area contributed by atoms with Crippen LogP contribution in [0.15, 0.2) is 41.4 Å². The zero-order chi connectivity index (χ0) is 19.1. The lowest BCUT2D eigenvalue weighted by molar-refractivity contribution is -0.113. The molecule has 2 aliphatic rings. The molecule has 1 amide bonds. The molecule has 0 radical (unpaired) electrons. The third-order valence-corrected chi connectivity index (χ3v) is 5.54. The van der Waals surface area contributed by atoms with Crippen molar-refractivity contribution >= 4 is 34.3 Å². The van der Waals surface area contributed by atoms with E-state index in [9.17, 15) is 4.79 Å². The van der Waals surface area contributed by atoms with Crippen LogP contribution in [0.25, 0.3) is 10.9 Å². The topological polar surface area (TPSA) is 78.9 Å². The molecule has 0 spiro atoms. The minimum atomic E-state index is -0.115. The van der Waals surface area contributed by atoms with Gasteiger partial charge in [0.15, 0.2) is 23.0 Å². The lowest BCUT2D eigenvalue weighted by Gasteiger charge is -2.09. The van der Waals surface area contributed by atoms with Crippen LogP contribution in [0.4, 0.5) is 5.69 Å². The van der Waals surface area contributed by atoms with Gasteiger partial charge in [0.05, 0.1) is 11.3 Å². The Morgan fingerprint density at radius 2 is 1.71 bits per heavy atom. The number of rotatable bonds is 4. The number of aryl methyl sites for hydroxylation is 1. The molecule has 28 heavy (non-hydrogen) atoms. The molecule has 1 aromatic heterocycles. The summed E-state index contributed by atoms with van der Waals surface area (Å²) in [6.07, 6.45) is 0. The van der Waals surface area contributed by atoms with Crippen molar-refractivity contribution in [2.45, 2.75) is 11.9 Å². The highest BCUT2D eigenvalue weighted by Gasteiger charge is 2.17. The largest absolute Gasteiger partial charge is 0.454 e. The summed E-state index contributed by atoms with van der Waals surface area (Å²) in [5.41, 5.74) is 2.49. The van der Waals surface area contributed by atoms with Crippen molar-refractivity contribution in [2.24, 2.45) is 0 Å². The monoisotopic (exact) mass is 396 g/mol. The minimum Gasteiger partial charge on any atom is -0.454 e. The van der Waals surface area contributed by atoms with Crippen LogP contribution in [0.1, 0.15) is 5.56 Å². The van der Waals surface area contributed by atoms with Gasteiger partial charge >= 0.3 is 0 Å². The summed E-state index contributed by atoms with van der Waals surface area (Å²) < 4.78 is 21.4. The van der Waals surface area contributed by atoms with E-state index >= 15 is 0 Å². The van der Waals surface area contributed by atoms with E-state index in [2.05, 4.69) is 10.3 Å². The van der Waals surface area contributed by atoms with Gasteiger partial charge in [0.25, 0.3) is 0 Å². The first-order chi connectivity index (χ1) is 13.7. The summed E-state index contributed by atoms with van der Waals surface area (Å²) in [6, 6.07) is 11.2.